The van der Waals surface area contributed by atoms with Gasteiger partial charge in [-0.15, -0.1) is 0 Å². The van der Waals surface area contributed by atoms with E-state index in [-0.39, 0.29) is 0 Å². The Morgan fingerprint density at radius 1 is 1.09 bits per heavy atom. The van der Waals surface area contributed by atoms with Gasteiger partial charge in [-0.05, 0) is 67.1 Å². The lowest BCUT2D eigenvalue weighted by molar-refractivity contribution is -0.147. The molecule has 44 heavy (non-hydrogen) atoms. The van der Waals surface area contributed by atoms with Crippen LogP contribution in [0.1, 0.15) is 36.0 Å². The Morgan fingerprint density at radius 2 is 1.91 bits per heavy atom. The van der Waals surface area contributed by atoms with E-state index in [1.807, 2.05) is 36.4 Å². The minimum atomic E-state index is -0.826. The van der Waals surface area contributed by atoms with Crippen LogP contribution in [-0.4, -0.2) is 80.2 Å². The van der Waals surface area contributed by atoms with E-state index in [1.54, 1.807) is 14.2 Å². The summed E-state index contributed by atoms with van der Waals surface area (Å²) < 4.78 is 23.4. The van der Waals surface area contributed by atoms with E-state index in [2.05, 4.69) is 21.9 Å². The number of para-hydroxylation sites is 1. The summed E-state index contributed by atoms with van der Waals surface area (Å²) in [6, 6.07) is 16.4. The molecule has 0 radical (unpaired) electrons. The van der Waals surface area contributed by atoms with E-state index in [9.17, 15) is 9.90 Å². The van der Waals surface area contributed by atoms with Gasteiger partial charge in [-0.25, -0.2) is 4.98 Å². The van der Waals surface area contributed by atoms with E-state index < -0.39 is 18.0 Å². The molecule has 0 spiro atoms. The van der Waals surface area contributed by atoms with Crippen LogP contribution in [0.25, 0.3) is 11.3 Å². The molecule has 0 aliphatic carbocycles. The molecule has 234 valence electrons. The maximum Gasteiger partial charge on any atom is 0.309 e. The number of fused-ring (bicyclic) bond motifs is 1. The minimum absolute atomic E-state index is 0.335. The average Bonchev–Trinajstić information content (AvgIpc) is 3.07. The summed E-state index contributed by atoms with van der Waals surface area (Å²) >= 11 is 6.71. The number of piperidine rings is 1. The Morgan fingerprint density at radius 3 is 2.68 bits per heavy atom. The number of aromatic nitrogens is 1. The van der Waals surface area contributed by atoms with Crippen LogP contribution >= 0.6 is 11.6 Å². The number of benzene rings is 2. The topological polar surface area (TPSA) is 93.6 Å². The fourth-order valence-corrected chi connectivity index (χ4v) is 6.98. The SMILES string of the molecule is COc1cc(COc2c(Cl)cccc2-c2cccc(N3CC[C@@H](C(=O)O)[C@@H](OC)C3)n2)cc2c1CN(C1CCOCC1)CC2. The quantitative estimate of drug-likeness (QED) is 0.335. The van der Waals surface area contributed by atoms with Crippen LogP contribution in [0.15, 0.2) is 48.5 Å². The molecular weight excluding hydrogens is 582 g/mol. The van der Waals surface area contributed by atoms with Crippen molar-refractivity contribution in [2.45, 2.75) is 51.0 Å². The standard InChI is InChI=1S/C34H40ClN3O6/c1-41-30-18-22(17-23-9-13-37(19-27(23)30)24-11-15-43-16-12-24)21-44-33-25(5-3-6-28(33)35)29-7-4-8-32(36-29)38-14-10-26(34(39)40)31(20-38)42-2/h3-8,17-18,24,26,31H,9-16,19-21H2,1-2H3,(H,39,40)/t26-,31+/m1/s1. The second-order valence-corrected chi connectivity index (χ2v) is 12.1. The molecule has 0 bridgehead atoms. The first-order valence-corrected chi connectivity index (χ1v) is 15.7. The number of hydrogen-bond donors (Lipinski definition) is 1. The van der Waals surface area contributed by atoms with Crippen molar-refractivity contribution in [1.82, 2.24) is 9.88 Å². The predicted molar refractivity (Wildman–Crippen MR) is 169 cm³/mol. The van der Waals surface area contributed by atoms with Crippen LogP contribution in [-0.2, 0) is 33.8 Å². The van der Waals surface area contributed by atoms with Gasteiger partial charge in [-0.1, -0.05) is 29.8 Å². The van der Waals surface area contributed by atoms with Crippen molar-refractivity contribution in [3.63, 3.8) is 0 Å². The molecule has 0 amide bonds. The molecule has 1 aromatic heterocycles. The molecule has 2 aromatic carbocycles. The third-order valence-electron chi connectivity index (χ3n) is 9.18. The molecule has 3 aromatic rings. The molecule has 2 fully saturated rings. The van der Waals surface area contributed by atoms with Gasteiger partial charge in [-0.3, -0.25) is 9.69 Å². The Balaban J connectivity index is 1.20. The zero-order valence-electron chi connectivity index (χ0n) is 25.3. The Kier molecular flexibility index (Phi) is 9.56. The van der Waals surface area contributed by atoms with E-state index in [0.29, 0.717) is 42.9 Å². The molecule has 1 N–H and O–H groups in total. The van der Waals surface area contributed by atoms with Crippen molar-refractivity contribution in [3.8, 4) is 22.8 Å². The van der Waals surface area contributed by atoms with Crippen molar-refractivity contribution in [2.24, 2.45) is 5.92 Å². The van der Waals surface area contributed by atoms with E-state index in [0.717, 1.165) is 74.0 Å². The predicted octanol–water partition coefficient (Wildman–Crippen LogP) is 5.45. The molecular formula is C34H40ClN3O6. The van der Waals surface area contributed by atoms with Crippen molar-refractivity contribution in [2.75, 3.05) is 52.0 Å². The first kappa shape index (κ1) is 30.6. The summed E-state index contributed by atoms with van der Waals surface area (Å²) in [6.07, 6.45) is 3.22. The van der Waals surface area contributed by atoms with Gasteiger partial charge in [-0.2, -0.15) is 0 Å². The Labute approximate surface area is 263 Å². The van der Waals surface area contributed by atoms with Crippen LogP contribution in [0.3, 0.4) is 0 Å². The summed E-state index contributed by atoms with van der Waals surface area (Å²) in [7, 11) is 3.29. The highest BCUT2D eigenvalue weighted by Gasteiger charge is 2.35. The Bertz CT molecular complexity index is 1460. The molecule has 6 rings (SSSR count). The molecule has 9 nitrogen and oxygen atoms in total. The zero-order chi connectivity index (χ0) is 30.6. The van der Waals surface area contributed by atoms with E-state index in [4.69, 9.17) is 35.5 Å². The highest BCUT2D eigenvalue weighted by atomic mass is 35.5. The van der Waals surface area contributed by atoms with Crippen molar-refractivity contribution in [1.29, 1.82) is 0 Å². The van der Waals surface area contributed by atoms with Gasteiger partial charge in [0.15, 0.2) is 0 Å². The molecule has 2 saturated heterocycles. The number of halogens is 1. The van der Waals surface area contributed by atoms with Crippen LogP contribution < -0.4 is 14.4 Å². The van der Waals surface area contributed by atoms with Gasteiger partial charge >= 0.3 is 5.97 Å². The summed E-state index contributed by atoms with van der Waals surface area (Å²) in [5.41, 5.74) is 5.11. The first-order valence-electron chi connectivity index (χ1n) is 15.3. The fourth-order valence-electron chi connectivity index (χ4n) is 6.75. The van der Waals surface area contributed by atoms with Gasteiger partial charge in [0.2, 0.25) is 0 Å². The highest BCUT2D eigenvalue weighted by Crippen LogP contribution is 2.38. The molecule has 0 unspecified atom stereocenters. The number of anilines is 1. The number of aliphatic carboxylic acids is 1. The molecule has 10 heteroatoms. The third-order valence-corrected chi connectivity index (χ3v) is 9.48. The van der Waals surface area contributed by atoms with Crippen LogP contribution in [0.2, 0.25) is 5.02 Å². The number of nitrogens with zero attached hydrogens (tertiary/aromatic N) is 3. The van der Waals surface area contributed by atoms with Crippen LogP contribution in [0, 0.1) is 5.92 Å². The minimum Gasteiger partial charge on any atom is -0.496 e. The number of carboxylic acids is 1. The number of pyridine rings is 1. The molecule has 4 heterocycles. The Hall–Kier alpha value is -3.37. The van der Waals surface area contributed by atoms with Gasteiger partial charge in [0.05, 0.1) is 29.8 Å². The summed E-state index contributed by atoms with van der Waals surface area (Å²) in [6.45, 7) is 4.97. The number of carbonyl (C=O) groups is 1. The summed E-state index contributed by atoms with van der Waals surface area (Å²) in [5, 5.41) is 10.1. The maximum atomic E-state index is 11.7. The van der Waals surface area contributed by atoms with Crippen molar-refractivity contribution < 1.29 is 28.8 Å². The molecule has 3 aliphatic heterocycles. The van der Waals surface area contributed by atoms with E-state index >= 15 is 0 Å². The van der Waals surface area contributed by atoms with Gasteiger partial charge in [0, 0.05) is 63.7 Å². The van der Waals surface area contributed by atoms with Gasteiger partial charge < -0.3 is 29.0 Å². The number of ether oxygens (including phenoxy) is 4. The average molecular weight is 622 g/mol. The van der Waals surface area contributed by atoms with Crippen LogP contribution in [0.5, 0.6) is 11.5 Å². The van der Waals surface area contributed by atoms with Gasteiger partial charge in [0.1, 0.15) is 23.9 Å². The smallest absolute Gasteiger partial charge is 0.309 e. The lowest BCUT2D eigenvalue weighted by Crippen LogP contribution is -2.47. The number of methoxy groups -OCH3 is 2. The largest absolute Gasteiger partial charge is 0.496 e. The number of carboxylic acid groups (broad SMARTS) is 1. The summed E-state index contributed by atoms with van der Waals surface area (Å²) in [5.74, 6) is 0.870. The lowest BCUT2D eigenvalue weighted by Gasteiger charge is -2.38. The van der Waals surface area contributed by atoms with Crippen LogP contribution in [0.4, 0.5) is 5.82 Å². The van der Waals surface area contributed by atoms with Crippen molar-refractivity contribution >= 4 is 23.4 Å². The molecule has 0 saturated carbocycles. The highest BCUT2D eigenvalue weighted by molar-refractivity contribution is 6.32. The second-order valence-electron chi connectivity index (χ2n) is 11.7. The maximum absolute atomic E-state index is 11.7. The lowest BCUT2D eigenvalue weighted by atomic mass is 9.94. The van der Waals surface area contributed by atoms with Gasteiger partial charge in [0.25, 0.3) is 0 Å². The monoisotopic (exact) mass is 621 g/mol. The van der Waals surface area contributed by atoms with Crippen molar-refractivity contribution in [3.05, 3.63) is 70.2 Å². The zero-order valence-corrected chi connectivity index (χ0v) is 26.1. The fraction of sp³-hybridized carbons (Fsp3) is 0.471. The first-order chi connectivity index (χ1) is 21.4. The number of rotatable bonds is 9. The molecule has 3 aliphatic rings. The van der Waals surface area contributed by atoms with E-state index in [1.165, 1.54) is 11.1 Å². The molecule has 2 atom stereocenters. The number of hydrogen-bond acceptors (Lipinski definition) is 8. The third kappa shape index (κ3) is 6.52. The normalized spacial score (nSPS) is 21.1. The second kappa shape index (κ2) is 13.7. The summed E-state index contributed by atoms with van der Waals surface area (Å²) in [4.78, 5) is 21.3.